The van der Waals surface area contributed by atoms with E-state index < -0.39 is 160 Å². The highest BCUT2D eigenvalue weighted by Crippen LogP contribution is 2.36. The van der Waals surface area contributed by atoms with Gasteiger partial charge in [-0.3, -0.25) is 14.4 Å². The number of hydrogen-bond acceptors (Lipinski definition) is 20. The van der Waals surface area contributed by atoms with Gasteiger partial charge in [0.2, 0.25) is 11.8 Å². The van der Waals surface area contributed by atoms with Gasteiger partial charge in [-0.15, -0.1) is 0 Å². The minimum absolute atomic E-state index is 0.752. The number of carbonyl (C=O) groups is 4. The molecule has 2 amide bonds. The molecule has 0 bridgehead atoms. The van der Waals surface area contributed by atoms with Crippen LogP contribution in [0.15, 0.2) is 0 Å². The summed E-state index contributed by atoms with van der Waals surface area (Å²) in [7, 11) is 0. The number of amides is 2. The normalized spacial score (nSPS) is 40.0. The lowest BCUT2D eigenvalue weighted by Gasteiger charge is -2.49. The van der Waals surface area contributed by atoms with Crippen LogP contribution in [0.4, 0.5) is 0 Å². The number of carboxylic acid groups (broad SMARTS) is 2. The molecular weight excluding hydrogens is 726 g/mol. The van der Waals surface area contributed by atoms with Crippen molar-refractivity contribution in [1.29, 1.82) is 0 Å². The molecule has 24 nitrogen and oxygen atoms in total. The molecule has 0 aromatic carbocycles. The quantitative estimate of drug-likeness (QED) is 0.0692. The van der Waals surface area contributed by atoms with E-state index in [-0.39, 0.29) is 0 Å². The molecule has 3 aliphatic rings. The maximum Gasteiger partial charge on any atom is 0.364 e. The summed E-state index contributed by atoms with van der Waals surface area (Å²) in [5.74, 6) is -7.90. The first kappa shape index (κ1) is 44.6. The second-order valence-electron chi connectivity index (χ2n) is 13.0. The third-order valence-electron chi connectivity index (χ3n) is 8.99. The molecule has 3 saturated heterocycles. The van der Waals surface area contributed by atoms with Crippen molar-refractivity contribution >= 4 is 23.8 Å². The summed E-state index contributed by atoms with van der Waals surface area (Å²) in [5.41, 5.74) is 5.69. The van der Waals surface area contributed by atoms with Gasteiger partial charge in [-0.1, -0.05) is 0 Å². The fourth-order valence-corrected chi connectivity index (χ4v) is 6.05. The van der Waals surface area contributed by atoms with Crippen LogP contribution >= 0.6 is 0 Å². The molecular formula is C29H49N3O21. The fourth-order valence-electron chi connectivity index (χ4n) is 6.05. The van der Waals surface area contributed by atoms with Gasteiger partial charge in [0.15, 0.2) is 12.6 Å². The van der Waals surface area contributed by atoms with E-state index in [1.165, 1.54) is 6.92 Å². The van der Waals surface area contributed by atoms with Gasteiger partial charge in [0.1, 0.15) is 73.1 Å². The second kappa shape index (κ2) is 18.7. The number of nitrogens with two attached hydrogens (primary N) is 1. The van der Waals surface area contributed by atoms with Gasteiger partial charge >= 0.3 is 11.9 Å². The molecule has 53 heavy (non-hydrogen) atoms. The number of aliphatic hydroxyl groups is 9. The third kappa shape index (κ3) is 10.3. The van der Waals surface area contributed by atoms with Gasteiger partial charge in [0.25, 0.3) is 5.79 Å². The number of ether oxygens (including phenoxy) is 6. The molecule has 306 valence electrons. The number of rotatable bonds is 16. The minimum atomic E-state index is -2.92. The van der Waals surface area contributed by atoms with E-state index >= 15 is 0 Å². The molecule has 3 aliphatic heterocycles. The van der Waals surface area contributed by atoms with Crippen LogP contribution in [0, 0.1) is 0 Å². The smallest absolute Gasteiger partial charge is 0.364 e. The van der Waals surface area contributed by atoms with E-state index in [0.29, 0.717) is 0 Å². The van der Waals surface area contributed by atoms with Crippen molar-refractivity contribution in [2.45, 2.75) is 137 Å². The Bertz CT molecular complexity index is 1260. The predicted octanol–water partition coefficient (Wildman–Crippen LogP) is -8.25. The van der Waals surface area contributed by atoms with Crippen LogP contribution in [0.5, 0.6) is 0 Å². The number of aliphatic carboxylic acids is 2. The maximum absolute atomic E-state index is 12.7. The third-order valence-corrected chi connectivity index (χ3v) is 8.99. The summed E-state index contributed by atoms with van der Waals surface area (Å²) < 4.78 is 33.9. The Balaban J connectivity index is 2.02. The molecule has 0 radical (unpaired) electrons. The Labute approximate surface area is 300 Å². The zero-order valence-electron chi connectivity index (χ0n) is 28.7. The Morgan fingerprint density at radius 1 is 0.868 bits per heavy atom. The molecule has 3 heterocycles. The summed E-state index contributed by atoms with van der Waals surface area (Å²) in [6.07, 6.45) is -26.9. The van der Waals surface area contributed by atoms with Gasteiger partial charge < -0.3 is 101 Å². The lowest BCUT2D eigenvalue weighted by atomic mass is 9.88. The topological polar surface area (TPSA) is 396 Å². The molecule has 0 aromatic rings. The van der Waals surface area contributed by atoms with Crippen molar-refractivity contribution in [2.24, 2.45) is 5.73 Å². The zero-order valence-corrected chi connectivity index (χ0v) is 28.7. The number of nitrogens with one attached hydrogen (secondary N) is 2. The predicted molar refractivity (Wildman–Crippen MR) is 166 cm³/mol. The van der Waals surface area contributed by atoms with Crippen LogP contribution in [0.1, 0.15) is 27.2 Å². The van der Waals surface area contributed by atoms with Crippen molar-refractivity contribution in [3.63, 3.8) is 0 Å². The fraction of sp³-hybridized carbons (Fsp3) is 0.862. The molecule has 24 heteroatoms. The molecule has 18 atom stereocenters. The van der Waals surface area contributed by atoms with Gasteiger partial charge in [-0.2, -0.15) is 0 Å². The van der Waals surface area contributed by atoms with Gasteiger partial charge in [0, 0.05) is 20.3 Å². The SMILES string of the molecule is CC(=O)N[C@H]1[C@@H](O[C@H](C)[C@H](N)C(=O)O)O[C@H](CO[C@]2(C(=O)O)C[C@H](O)[C@@H](NC(C)=O)[C@H]([C@H](O)[C@H](O)CO)O2)[C@H](O)[C@@H]1O[C@@H]1O[C@H](CO)[C@H](O)[C@H](O)[C@H]1O. The highest BCUT2D eigenvalue weighted by Gasteiger charge is 2.58. The molecule has 0 spiro atoms. The van der Waals surface area contributed by atoms with E-state index in [2.05, 4.69) is 10.6 Å². The highest BCUT2D eigenvalue weighted by atomic mass is 16.8. The van der Waals surface area contributed by atoms with Crippen LogP contribution in [-0.4, -0.2) is 209 Å². The number of carboxylic acids is 2. The summed E-state index contributed by atoms with van der Waals surface area (Å²) >= 11 is 0. The average Bonchev–Trinajstić information content (AvgIpc) is 3.09. The van der Waals surface area contributed by atoms with Crippen molar-refractivity contribution in [2.75, 3.05) is 19.8 Å². The lowest BCUT2D eigenvalue weighted by Crippen LogP contribution is -2.70. The van der Waals surface area contributed by atoms with E-state index in [0.717, 1.165) is 13.8 Å². The zero-order chi connectivity index (χ0) is 40.1. The van der Waals surface area contributed by atoms with E-state index in [1.807, 2.05) is 0 Å². The van der Waals surface area contributed by atoms with Crippen molar-refractivity contribution in [1.82, 2.24) is 10.6 Å². The first-order valence-corrected chi connectivity index (χ1v) is 16.4. The van der Waals surface area contributed by atoms with Gasteiger partial charge in [0.05, 0.1) is 38.1 Å². The molecule has 0 unspecified atom stereocenters. The van der Waals surface area contributed by atoms with Gasteiger partial charge in [-0.25, -0.2) is 4.79 Å². The Kier molecular flexibility index (Phi) is 15.8. The summed E-state index contributed by atoms with van der Waals surface area (Å²) in [6.45, 7) is 0.326. The number of carbonyl (C=O) groups excluding carboxylic acids is 2. The van der Waals surface area contributed by atoms with E-state index in [4.69, 9.17) is 34.2 Å². The van der Waals surface area contributed by atoms with Crippen LogP contribution in [0.2, 0.25) is 0 Å². The highest BCUT2D eigenvalue weighted by molar-refractivity contribution is 5.77. The van der Waals surface area contributed by atoms with E-state index in [1.54, 1.807) is 0 Å². The van der Waals surface area contributed by atoms with Crippen LogP contribution in [-0.2, 0) is 47.6 Å². The second-order valence-corrected chi connectivity index (χ2v) is 13.0. The Morgan fingerprint density at radius 2 is 1.45 bits per heavy atom. The lowest BCUT2D eigenvalue weighted by molar-refractivity contribution is -0.357. The number of hydrogen-bond donors (Lipinski definition) is 14. The van der Waals surface area contributed by atoms with E-state index in [9.17, 15) is 75.3 Å². The molecule has 3 fully saturated rings. The van der Waals surface area contributed by atoms with Crippen LogP contribution in [0.3, 0.4) is 0 Å². The molecule has 0 aliphatic carbocycles. The van der Waals surface area contributed by atoms with Gasteiger partial charge in [-0.05, 0) is 6.92 Å². The average molecular weight is 776 g/mol. The molecule has 0 saturated carbocycles. The van der Waals surface area contributed by atoms with Crippen LogP contribution < -0.4 is 16.4 Å². The van der Waals surface area contributed by atoms with Crippen molar-refractivity contribution < 1.29 is 104 Å². The largest absolute Gasteiger partial charge is 0.480 e. The first-order chi connectivity index (χ1) is 24.7. The monoisotopic (exact) mass is 775 g/mol. The maximum atomic E-state index is 12.7. The summed E-state index contributed by atoms with van der Waals surface area (Å²) in [4.78, 5) is 48.5. The van der Waals surface area contributed by atoms with Crippen molar-refractivity contribution in [3.8, 4) is 0 Å². The summed E-state index contributed by atoms with van der Waals surface area (Å²) in [5, 5.41) is 118. The number of aliphatic hydroxyl groups excluding tert-OH is 9. The first-order valence-electron chi connectivity index (χ1n) is 16.4. The van der Waals surface area contributed by atoms with Crippen molar-refractivity contribution in [3.05, 3.63) is 0 Å². The van der Waals surface area contributed by atoms with Crippen LogP contribution in [0.25, 0.3) is 0 Å². The summed E-state index contributed by atoms with van der Waals surface area (Å²) in [6, 6.07) is -4.85. The molecule has 0 aromatic heterocycles. The standard InChI is InChI=1S/C29H49N3O21/c1-8(15(30)25(44)45)49-26-17(32-10(3)36)23(52-27-22(43)21(42)19(40)13(6-34)50-27)20(41)14(51-26)7-48-29(28(46)47)4-11(37)16(31-9(2)35)24(53-29)18(39)12(38)5-33/h8,11-24,26-27,33-34,37-43H,4-7,30H2,1-3H3,(H,31,35)(H,32,36)(H,44,45)(H,46,47)/t8-,11+,12-,13-,14-,15+,16-,17-,18-,19+,20+,21+,22-,23-,24-,26+,27+,29-/m1/s1. The Morgan fingerprint density at radius 3 is 1.98 bits per heavy atom. The Hall–Kier alpha value is -2.76. The minimum Gasteiger partial charge on any atom is -0.480 e. The molecule has 3 rings (SSSR count). The molecule has 15 N–H and O–H groups in total.